The van der Waals surface area contributed by atoms with Crippen LogP contribution >= 0.6 is 0 Å². The average molecular weight is 257 g/mol. The van der Waals surface area contributed by atoms with E-state index in [1.165, 1.54) is 0 Å². The first kappa shape index (κ1) is 10.8. The van der Waals surface area contributed by atoms with Gasteiger partial charge in [0.15, 0.2) is 0 Å². The first-order valence-corrected chi connectivity index (χ1v) is 6.66. The Morgan fingerprint density at radius 2 is 2.21 bits per heavy atom. The Hall–Kier alpha value is -2.11. The van der Waals surface area contributed by atoms with Crippen molar-refractivity contribution < 1.29 is 0 Å². The Bertz CT molecular complexity index is 670. The lowest BCUT2D eigenvalue weighted by atomic mass is 10.3. The van der Waals surface area contributed by atoms with Crippen molar-refractivity contribution in [1.82, 2.24) is 19.5 Å². The third-order valence-corrected chi connectivity index (χ3v) is 3.78. The molecule has 1 saturated carbocycles. The SMILES string of the molecule is O=c1cc(N2CCn3ccnc3C2)nc(C2CC2)[nH]1. The molecule has 0 bridgehead atoms. The molecule has 0 atom stereocenters. The maximum Gasteiger partial charge on any atom is 0.252 e. The molecule has 6 heteroatoms. The van der Waals surface area contributed by atoms with E-state index in [4.69, 9.17) is 0 Å². The van der Waals surface area contributed by atoms with E-state index in [0.29, 0.717) is 12.5 Å². The number of anilines is 1. The topological polar surface area (TPSA) is 66.8 Å². The summed E-state index contributed by atoms with van der Waals surface area (Å²) in [5, 5.41) is 0. The molecule has 0 saturated heterocycles. The van der Waals surface area contributed by atoms with Crippen LogP contribution in [0, 0.1) is 0 Å². The number of hydrogen-bond donors (Lipinski definition) is 1. The molecule has 98 valence electrons. The van der Waals surface area contributed by atoms with Crippen LogP contribution in [0.25, 0.3) is 0 Å². The van der Waals surface area contributed by atoms with Crippen molar-refractivity contribution >= 4 is 5.82 Å². The second-order valence-electron chi connectivity index (χ2n) is 5.22. The summed E-state index contributed by atoms with van der Waals surface area (Å²) in [4.78, 5) is 25.7. The fourth-order valence-electron chi connectivity index (χ4n) is 2.54. The number of H-pyrrole nitrogens is 1. The molecule has 1 N–H and O–H groups in total. The number of aromatic nitrogens is 4. The molecular formula is C13H15N5O. The first-order chi connectivity index (χ1) is 9.29. The number of nitrogens with one attached hydrogen (secondary N) is 1. The molecule has 2 aromatic rings. The van der Waals surface area contributed by atoms with Gasteiger partial charge < -0.3 is 14.5 Å². The summed E-state index contributed by atoms with van der Waals surface area (Å²) in [6.07, 6.45) is 6.08. The minimum absolute atomic E-state index is 0.0548. The molecule has 0 aromatic carbocycles. The summed E-state index contributed by atoms with van der Waals surface area (Å²) in [6.45, 7) is 2.47. The standard InChI is InChI=1S/C13H15N5O/c19-12-7-10(15-13(16-12)9-1-2-9)18-6-5-17-4-3-14-11(17)8-18/h3-4,7,9H,1-2,5-6,8H2,(H,15,16,19). The molecule has 1 aliphatic heterocycles. The van der Waals surface area contributed by atoms with Gasteiger partial charge in [0.25, 0.3) is 5.56 Å². The van der Waals surface area contributed by atoms with E-state index in [1.807, 2.05) is 12.4 Å². The number of rotatable bonds is 2. The van der Waals surface area contributed by atoms with E-state index in [2.05, 4.69) is 24.4 Å². The van der Waals surface area contributed by atoms with Crippen molar-refractivity contribution in [2.45, 2.75) is 31.8 Å². The molecule has 1 fully saturated rings. The normalized spacial score (nSPS) is 18.4. The van der Waals surface area contributed by atoms with Gasteiger partial charge in [0.1, 0.15) is 17.5 Å². The van der Waals surface area contributed by atoms with Crippen molar-refractivity contribution in [2.75, 3.05) is 11.4 Å². The van der Waals surface area contributed by atoms with Gasteiger partial charge in [-0.3, -0.25) is 4.79 Å². The number of nitrogens with zero attached hydrogens (tertiary/aromatic N) is 4. The molecule has 19 heavy (non-hydrogen) atoms. The highest BCUT2D eigenvalue weighted by Crippen LogP contribution is 2.38. The van der Waals surface area contributed by atoms with Crippen molar-refractivity contribution in [3.05, 3.63) is 40.5 Å². The average Bonchev–Trinajstić information content (AvgIpc) is 3.16. The fourth-order valence-corrected chi connectivity index (χ4v) is 2.54. The van der Waals surface area contributed by atoms with Crippen LogP contribution in [0.15, 0.2) is 23.3 Å². The lowest BCUT2D eigenvalue weighted by Crippen LogP contribution is -2.35. The number of fused-ring (bicyclic) bond motifs is 1. The largest absolute Gasteiger partial charge is 0.347 e. The highest BCUT2D eigenvalue weighted by atomic mass is 16.1. The van der Waals surface area contributed by atoms with Gasteiger partial charge in [-0.2, -0.15) is 0 Å². The molecule has 0 spiro atoms. The van der Waals surface area contributed by atoms with E-state index in [1.54, 1.807) is 6.07 Å². The van der Waals surface area contributed by atoms with Gasteiger partial charge in [-0.05, 0) is 12.8 Å². The molecule has 6 nitrogen and oxygen atoms in total. The monoisotopic (exact) mass is 257 g/mol. The van der Waals surface area contributed by atoms with E-state index < -0.39 is 0 Å². The Morgan fingerprint density at radius 3 is 3.05 bits per heavy atom. The minimum Gasteiger partial charge on any atom is -0.347 e. The van der Waals surface area contributed by atoms with Gasteiger partial charge in [-0.1, -0.05) is 0 Å². The molecule has 0 amide bonds. The molecule has 0 radical (unpaired) electrons. The van der Waals surface area contributed by atoms with Gasteiger partial charge in [0.2, 0.25) is 0 Å². The lowest BCUT2D eigenvalue weighted by Gasteiger charge is -2.28. The fraction of sp³-hybridized carbons (Fsp3) is 0.462. The summed E-state index contributed by atoms with van der Waals surface area (Å²) in [5.74, 6) is 3.11. The van der Waals surface area contributed by atoms with Crippen molar-refractivity contribution in [2.24, 2.45) is 0 Å². The van der Waals surface area contributed by atoms with Gasteiger partial charge in [-0.25, -0.2) is 9.97 Å². The Balaban J connectivity index is 1.67. The molecule has 2 aromatic heterocycles. The summed E-state index contributed by atoms with van der Waals surface area (Å²) in [6, 6.07) is 1.59. The molecule has 3 heterocycles. The Kier molecular flexibility index (Phi) is 2.24. The maximum absolute atomic E-state index is 11.7. The quantitative estimate of drug-likeness (QED) is 0.866. The predicted octanol–water partition coefficient (Wildman–Crippen LogP) is 0.864. The maximum atomic E-state index is 11.7. The first-order valence-electron chi connectivity index (χ1n) is 6.66. The van der Waals surface area contributed by atoms with E-state index in [-0.39, 0.29) is 5.56 Å². The zero-order valence-corrected chi connectivity index (χ0v) is 10.5. The number of hydrogen-bond acceptors (Lipinski definition) is 4. The van der Waals surface area contributed by atoms with Gasteiger partial charge in [0.05, 0.1) is 6.54 Å². The van der Waals surface area contributed by atoms with Gasteiger partial charge >= 0.3 is 0 Å². The van der Waals surface area contributed by atoms with E-state index >= 15 is 0 Å². The molecular weight excluding hydrogens is 242 g/mol. The van der Waals surface area contributed by atoms with Crippen LogP contribution in [-0.4, -0.2) is 26.1 Å². The highest BCUT2D eigenvalue weighted by molar-refractivity contribution is 5.39. The van der Waals surface area contributed by atoms with Crippen LogP contribution in [0.1, 0.15) is 30.4 Å². The Morgan fingerprint density at radius 1 is 1.32 bits per heavy atom. The second-order valence-corrected chi connectivity index (χ2v) is 5.22. The van der Waals surface area contributed by atoms with Crippen LogP contribution in [0.2, 0.25) is 0 Å². The summed E-state index contributed by atoms with van der Waals surface area (Å²) in [7, 11) is 0. The van der Waals surface area contributed by atoms with Crippen LogP contribution < -0.4 is 10.5 Å². The second kappa shape index (κ2) is 3.94. The van der Waals surface area contributed by atoms with Crippen molar-refractivity contribution in [3.63, 3.8) is 0 Å². The summed E-state index contributed by atoms with van der Waals surface area (Å²) < 4.78 is 2.14. The molecule has 1 aliphatic carbocycles. The third kappa shape index (κ3) is 1.93. The number of imidazole rings is 1. The smallest absolute Gasteiger partial charge is 0.252 e. The van der Waals surface area contributed by atoms with Crippen LogP contribution in [-0.2, 0) is 13.1 Å². The zero-order chi connectivity index (χ0) is 12.8. The molecule has 0 unspecified atom stereocenters. The van der Waals surface area contributed by atoms with E-state index in [9.17, 15) is 4.79 Å². The van der Waals surface area contributed by atoms with Crippen LogP contribution in [0.4, 0.5) is 5.82 Å². The predicted molar refractivity (Wildman–Crippen MR) is 70.1 cm³/mol. The van der Waals surface area contributed by atoms with E-state index in [0.717, 1.165) is 43.4 Å². The van der Waals surface area contributed by atoms with Gasteiger partial charge in [-0.15, -0.1) is 0 Å². The van der Waals surface area contributed by atoms with Crippen LogP contribution in [0.5, 0.6) is 0 Å². The van der Waals surface area contributed by atoms with Crippen molar-refractivity contribution in [1.29, 1.82) is 0 Å². The Labute approximate surface area is 110 Å². The summed E-state index contributed by atoms with van der Waals surface area (Å²) in [5.41, 5.74) is -0.0548. The lowest BCUT2D eigenvalue weighted by molar-refractivity contribution is 0.554. The minimum atomic E-state index is -0.0548. The molecule has 4 rings (SSSR count). The third-order valence-electron chi connectivity index (χ3n) is 3.78. The summed E-state index contributed by atoms with van der Waals surface area (Å²) >= 11 is 0. The highest BCUT2D eigenvalue weighted by Gasteiger charge is 2.27. The van der Waals surface area contributed by atoms with Crippen LogP contribution in [0.3, 0.4) is 0 Å². The number of aromatic amines is 1. The van der Waals surface area contributed by atoms with Crippen molar-refractivity contribution in [3.8, 4) is 0 Å². The molecule has 2 aliphatic rings. The zero-order valence-electron chi connectivity index (χ0n) is 10.5. The van der Waals surface area contributed by atoms with Gasteiger partial charge in [0, 0.05) is 37.5 Å².